The summed E-state index contributed by atoms with van der Waals surface area (Å²) < 4.78 is 0. The van der Waals surface area contributed by atoms with Gasteiger partial charge in [0, 0.05) is 16.3 Å². The van der Waals surface area contributed by atoms with E-state index in [1.54, 1.807) is 6.20 Å². The number of nitrogens with one attached hydrogen (secondary N) is 1. The molecule has 23 heavy (non-hydrogen) atoms. The van der Waals surface area contributed by atoms with Crippen LogP contribution < -0.4 is 5.43 Å². The normalized spacial score (nSPS) is 16.1. The number of anilines is 1. The summed E-state index contributed by atoms with van der Waals surface area (Å²) in [4.78, 5) is 0. The molecule has 4 heteroatoms. The zero-order chi connectivity index (χ0) is 15.5. The molecule has 1 aromatic heterocycles. The van der Waals surface area contributed by atoms with Crippen molar-refractivity contribution in [1.29, 1.82) is 0 Å². The van der Waals surface area contributed by atoms with Gasteiger partial charge in [0.1, 0.15) is 0 Å². The van der Waals surface area contributed by atoms with Crippen molar-refractivity contribution in [2.24, 2.45) is 5.10 Å². The highest BCUT2D eigenvalue weighted by Crippen LogP contribution is 2.23. The molecule has 1 aliphatic rings. The zero-order valence-corrected chi connectivity index (χ0v) is 12.9. The lowest BCUT2D eigenvalue weighted by atomic mass is 10.0. The highest BCUT2D eigenvalue weighted by atomic mass is 15.3. The minimum atomic E-state index is 0.706. The predicted octanol–water partition coefficient (Wildman–Crippen LogP) is 4.17. The smallest absolute Gasteiger partial charge is 0.176 e. The SMILES string of the molecule is c1ccc2c(c1)CCCCC2=NNc1nncc2ccccc12. The van der Waals surface area contributed by atoms with Crippen molar-refractivity contribution in [3.05, 3.63) is 65.9 Å². The molecule has 0 saturated heterocycles. The van der Waals surface area contributed by atoms with E-state index in [4.69, 9.17) is 0 Å². The minimum absolute atomic E-state index is 0.706. The van der Waals surface area contributed by atoms with E-state index in [2.05, 4.69) is 45.0 Å². The summed E-state index contributed by atoms with van der Waals surface area (Å²) in [6, 6.07) is 16.6. The summed E-state index contributed by atoms with van der Waals surface area (Å²) in [6.07, 6.45) is 6.26. The third kappa shape index (κ3) is 2.80. The molecule has 0 saturated carbocycles. The van der Waals surface area contributed by atoms with Crippen molar-refractivity contribution in [2.75, 3.05) is 5.43 Å². The third-order valence-electron chi connectivity index (χ3n) is 4.31. The number of hydrogen-bond donors (Lipinski definition) is 1. The average molecular weight is 302 g/mol. The Bertz CT molecular complexity index is 865. The lowest BCUT2D eigenvalue weighted by Gasteiger charge is -2.09. The Labute approximate surface area is 135 Å². The van der Waals surface area contributed by atoms with Gasteiger partial charge in [0.15, 0.2) is 5.82 Å². The first kappa shape index (κ1) is 13.9. The summed E-state index contributed by atoms with van der Waals surface area (Å²) in [5.41, 5.74) is 6.88. The van der Waals surface area contributed by atoms with Gasteiger partial charge in [-0.2, -0.15) is 10.2 Å². The number of hydrogen-bond acceptors (Lipinski definition) is 4. The maximum atomic E-state index is 4.67. The van der Waals surface area contributed by atoms with Crippen LogP contribution in [0.1, 0.15) is 30.4 Å². The molecular formula is C19H18N4. The first-order chi connectivity index (χ1) is 11.4. The van der Waals surface area contributed by atoms with E-state index in [9.17, 15) is 0 Å². The molecule has 4 rings (SSSR count). The number of hydrazone groups is 1. The van der Waals surface area contributed by atoms with Crippen LogP contribution in [0.2, 0.25) is 0 Å². The quantitative estimate of drug-likeness (QED) is 0.571. The van der Waals surface area contributed by atoms with Crippen molar-refractivity contribution in [2.45, 2.75) is 25.7 Å². The number of rotatable bonds is 2. The Balaban J connectivity index is 1.71. The van der Waals surface area contributed by atoms with E-state index in [-0.39, 0.29) is 0 Å². The van der Waals surface area contributed by atoms with Gasteiger partial charge in [-0.3, -0.25) is 5.43 Å². The first-order valence-corrected chi connectivity index (χ1v) is 8.03. The van der Waals surface area contributed by atoms with Crippen LogP contribution in [0, 0.1) is 0 Å². The fourth-order valence-electron chi connectivity index (χ4n) is 3.11. The van der Waals surface area contributed by atoms with E-state index in [0.29, 0.717) is 5.82 Å². The van der Waals surface area contributed by atoms with Gasteiger partial charge >= 0.3 is 0 Å². The number of aryl methyl sites for hydroxylation is 1. The van der Waals surface area contributed by atoms with Gasteiger partial charge in [0.2, 0.25) is 0 Å². The third-order valence-corrected chi connectivity index (χ3v) is 4.31. The van der Waals surface area contributed by atoms with E-state index < -0.39 is 0 Å². The molecule has 1 heterocycles. The summed E-state index contributed by atoms with van der Waals surface area (Å²) in [6.45, 7) is 0. The van der Waals surface area contributed by atoms with E-state index >= 15 is 0 Å². The van der Waals surface area contributed by atoms with E-state index in [1.807, 2.05) is 24.3 Å². The second-order valence-corrected chi connectivity index (χ2v) is 5.81. The lowest BCUT2D eigenvalue weighted by molar-refractivity contribution is 0.776. The molecule has 0 bridgehead atoms. The van der Waals surface area contributed by atoms with Crippen molar-refractivity contribution >= 4 is 22.3 Å². The van der Waals surface area contributed by atoms with Gasteiger partial charge in [0.25, 0.3) is 0 Å². The summed E-state index contributed by atoms with van der Waals surface area (Å²) >= 11 is 0. The molecule has 0 aliphatic heterocycles. The molecule has 3 aromatic rings. The largest absolute Gasteiger partial charge is 0.259 e. The Morgan fingerprint density at radius 3 is 2.74 bits per heavy atom. The lowest BCUT2D eigenvalue weighted by Crippen LogP contribution is -2.06. The molecule has 4 nitrogen and oxygen atoms in total. The molecule has 1 N–H and O–H groups in total. The van der Waals surface area contributed by atoms with Crippen molar-refractivity contribution in [3.63, 3.8) is 0 Å². The van der Waals surface area contributed by atoms with Gasteiger partial charge in [-0.05, 0) is 31.2 Å². The van der Waals surface area contributed by atoms with Crippen LogP contribution in [-0.4, -0.2) is 15.9 Å². The van der Waals surface area contributed by atoms with Gasteiger partial charge in [-0.15, -0.1) is 5.10 Å². The molecule has 114 valence electrons. The standard InChI is InChI=1S/C19H18N4/c1-4-10-16-14(7-1)8-3-6-12-18(16)21-23-19-17-11-5-2-9-15(17)13-20-22-19/h1-2,4-5,7,9-11,13H,3,6,8,12H2,(H,22,23). The van der Waals surface area contributed by atoms with E-state index in [0.717, 1.165) is 35.7 Å². The van der Waals surface area contributed by atoms with Crippen LogP contribution in [0.3, 0.4) is 0 Å². The van der Waals surface area contributed by atoms with Crippen LogP contribution in [0.4, 0.5) is 5.82 Å². The van der Waals surface area contributed by atoms with Gasteiger partial charge in [-0.25, -0.2) is 0 Å². The van der Waals surface area contributed by atoms with Crippen LogP contribution in [-0.2, 0) is 6.42 Å². The zero-order valence-electron chi connectivity index (χ0n) is 12.9. The molecular weight excluding hydrogens is 284 g/mol. The van der Waals surface area contributed by atoms with E-state index in [1.165, 1.54) is 17.5 Å². The number of nitrogens with zero attached hydrogens (tertiary/aromatic N) is 3. The Morgan fingerprint density at radius 1 is 0.913 bits per heavy atom. The summed E-state index contributed by atoms with van der Waals surface area (Å²) in [7, 11) is 0. The number of fused-ring (bicyclic) bond motifs is 2. The highest BCUT2D eigenvalue weighted by Gasteiger charge is 2.13. The maximum Gasteiger partial charge on any atom is 0.176 e. The molecule has 0 amide bonds. The average Bonchev–Trinajstić information content (AvgIpc) is 2.82. The molecule has 1 aliphatic carbocycles. The molecule has 0 atom stereocenters. The fourth-order valence-corrected chi connectivity index (χ4v) is 3.11. The Morgan fingerprint density at radius 2 is 1.74 bits per heavy atom. The van der Waals surface area contributed by atoms with Gasteiger partial charge in [0.05, 0.1) is 11.9 Å². The van der Waals surface area contributed by atoms with Crippen molar-refractivity contribution < 1.29 is 0 Å². The van der Waals surface area contributed by atoms with Gasteiger partial charge in [-0.1, -0.05) is 48.5 Å². The van der Waals surface area contributed by atoms with Crippen LogP contribution >= 0.6 is 0 Å². The minimum Gasteiger partial charge on any atom is -0.259 e. The Hall–Kier alpha value is -2.75. The Kier molecular flexibility index (Phi) is 3.72. The molecule has 0 unspecified atom stereocenters. The topological polar surface area (TPSA) is 50.2 Å². The fraction of sp³-hybridized carbons (Fsp3) is 0.211. The van der Waals surface area contributed by atoms with Crippen LogP contribution in [0.15, 0.2) is 59.8 Å². The summed E-state index contributed by atoms with van der Waals surface area (Å²) in [5.74, 6) is 0.706. The number of aromatic nitrogens is 2. The second kappa shape index (κ2) is 6.16. The van der Waals surface area contributed by atoms with Crippen molar-refractivity contribution in [3.8, 4) is 0 Å². The highest BCUT2D eigenvalue weighted by molar-refractivity contribution is 6.02. The molecule has 0 radical (unpaired) electrons. The van der Waals surface area contributed by atoms with Crippen LogP contribution in [0.5, 0.6) is 0 Å². The predicted molar refractivity (Wildman–Crippen MR) is 93.7 cm³/mol. The van der Waals surface area contributed by atoms with Gasteiger partial charge < -0.3 is 0 Å². The molecule has 0 fully saturated rings. The first-order valence-electron chi connectivity index (χ1n) is 8.03. The monoisotopic (exact) mass is 302 g/mol. The van der Waals surface area contributed by atoms with Crippen LogP contribution in [0.25, 0.3) is 10.8 Å². The molecule has 0 spiro atoms. The second-order valence-electron chi connectivity index (χ2n) is 5.81. The summed E-state index contributed by atoms with van der Waals surface area (Å²) in [5, 5.41) is 15.0. The number of benzene rings is 2. The maximum absolute atomic E-state index is 4.67. The van der Waals surface area contributed by atoms with Crippen molar-refractivity contribution in [1.82, 2.24) is 10.2 Å². The molecule has 2 aromatic carbocycles.